The van der Waals surface area contributed by atoms with E-state index in [9.17, 15) is 14.0 Å². The summed E-state index contributed by atoms with van der Waals surface area (Å²) in [6.45, 7) is 9.86. The van der Waals surface area contributed by atoms with Gasteiger partial charge >= 0.3 is 0 Å². The van der Waals surface area contributed by atoms with Crippen LogP contribution < -0.4 is 15.1 Å². The van der Waals surface area contributed by atoms with Crippen LogP contribution >= 0.6 is 0 Å². The predicted molar refractivity (Wildman–Crippen MR) is 135 cm³/mol. The molecule has 4 rings (SSSR count). The Kier molecular flexibility index (Phi) is 6.50. The van der Waals surface area contributed by atoms with Crippen LogP contribution in [0, 0.1) is 19.7 Å². The van der Waals surface area contributed by atoms with E-state index < -0.39 is 17.6 Å². The molecule has 0 aliphatic carbocycles. The number of aryl methyl sites for hydroxylation is 2. The molecule has 0 unspecified atom stereocenters. The topological polar surface area (TPSA) is 52.7 Å². The number of rotatable bonds is 7. The molecule has 3 aromatic carbocycles. The number of carbonyl (C=O) groups is 2. The fourth-order valence-corrected chi connectivity index (χ4v) is 4.33. The van der Waals surface area contributed by atoms with Crippen molar-refractivity contribution in [1.82, 2.24) is 0 Å². The SMILES string of the molecule is CCN(CC)c1ccc(NC2=C(c3ccc(C)cc3C)C(=O)N(c3cccc(F)c3)C2=O)cc1. The van der Waals surface area contributed by atoms with Crippen molar-refractivity contribution in [2.75, 3.05) is 28.2 Å². The maximum atomic E-state index is 13.9. The zero-order valence-corrected chi connectivity index (χ0v) is 19.9. The van der Waals surface area contributed by atoms with Crippen LogP contribution in [0.5, 0.6) is 0 Å². The molecular weight excluding hydrogens is 429 g/mol. The van der Waals surface area contributed by atoms with Crippen molar-refractivity contribution in [3.05, 3.63) is 94.9 Å². The highest BCUT2D eigenvalue weighted by molar-refractivity contribution is 6.46. The maximum absolute atomic E-state index is 13.9. The fraction of sp³-hybridized carbons (Fsp3) is 0.214. The lowest BCUT2D eigenvalue weighted by Crippen LogP contribution is -2.32. The van der Waals surface area contributed by atoms with Gasteiger partial charge in [-0.2, -0.15) is 0 Å². The molecule has 1 aliphatic rings. The zero-order chi connectivity index (χ0) is 24.4. The van der Waals surface area contributed by atoms with Gasteiger partial charge < -0.3 is 10.2 Å². The van der Waals surface area contributed by atoms with Crippen molar-refractivity contribution in [3.63, 3.8) is 0 Å². The van der Waals surface area contributed by atoms with E-state index >= 15 is 0 Å². The van der Waals surface area contributed by atoms with E-state index in [2.05, 4.69) is 24.1 Å². The third kappa shape index (κ3) is 4.31. The van der Waals surface area contributed by atoms with Gasteiger partial charge in [-0.1, -0.05) is 29.8 Å². The normalized spacial score (nSPS) is 13.6. The first-order valence-corrected chi connectivity index (χ1v) is 11.4. The Hall–Kier alpha value is -3.93. The molecule has 2 amide bonds. The van der Waals surface area contributed by atoms with Gasteiger partial charge in [-0.3, -0.25) is 9.59 Å². The predicted octanol–water partition coefficient (Wildman–Crippen LogP) is 5.69. The summed E-state index contributed by atoms with van der Waals surface area (Å²) in [7, 11) is 0. The van der Waals surface area contributed by atoms with Crippen molar-refractivity contribution < 1.29 is 14.0 Å². The van der Waals surface area contributed by atoms with Gasteiger partial charge in [0, 0.05) is 24.5 Å². The van der Waals surface area contributed by atoms with Crippen LogP contribution in [0.2, 0.25) is 0 Å². The molecule has 1 heterocycles. The van der Waals surface area contributed by atoms with E-state index in [0.717, 1.165) is 34.8 Å². The second kappa shape index (κ2) is 9.51. The number of nitrogens with one attached hydrogen (secondary N) is 1. The third-order valence-electron chi connectivity index (χ3n) is 6.07. The van der Waals surface area contributed by atoms with Crippen LogP contribution in [0.4, 0.5) is 21.5 Å². The summed E-state index contributed by atoms with van der Waals surface area (Å²) in [5.74, 6) is -1.51. The maximum Gasteiger partial charge on any atom is 0.282 e. The largest absolute Gasteiger partial charge is 0.372 e. The first kappa shape index (κ1) is 23.2. The molecule has 174 valence electrons. The molecular formula is C28H28FN3O2. The number of benzene rings is 3. The molecule has 6 heteroatoms. The standard InChI is InChI=1S/C28H28FN3O2/c1-5-31(6-2)22-13-11-21(12-14-22)30-26-25(24-15-10-18(3)16-19(24)4)27(33)32(28(26)34)23-9-7-8-20(29)17-23/h7-17,30H,5-6H2,1-4H3. The van der Waals surface area contributed by atoms with Crippen LogP contribution in [0.25, 0.3) is 5.57 Å². The highest BCUT2D eigenvalue weighted by atomic mass is 19.1. The minimum Gasteiger partial charge on any atom is -0.372 e. The third-order valence-corrected chi connectivity index (χ3v) is 6.07. The average Bonchev–Trinajstić information content (AvgIpc) is 3.05. The van der Waals surface area contributed by atoms with E-state index in [1.165, 1.54) is 18.2 Å². The van der Waals surface area contributed by atoms with E-state index in [4.69, 9.17) is 0 Å². The van der Waals surface area contributed by atoms with E-state index in [1.54, 1.807) is 6.07 Å². The summed E-state index contributed by atoms with van der Waals surface area (Å²) in [6.07, 6.45) is 0. The highest BCUT2D eigenvalue weighted by Gasteiger charge is 2.40. The van der Waals surface area contributed by atoms with Crippen LogP contribution in [-0.2, 0) is 9.59 Å². The molecule has 1 N–H and O–H groups in total. The quantitative estimate of drug-likeness (QED) is 0.464. The monoisotopic (exact) mass is 457 g/mol. The molecule has 0 aromatic heterocycles. The zero-order valence-electron chi connectivity index (χ0n) is 19.9. The molecule has 0 fully saturated rings. The Labute approximate surface area is 199 Å². The van der Waals surface area contributed by atoms with Gasteiger partial charge in [-0.15, -0.1) is 0 Å². The number of hydrogen-bond acceptors (Lipinski definition) is 4. The molecule has 34 heavy (non-hydrogen) atoms. The van der Waals surface area contributed by atoms with E-state index in [-0.39, 0.29) is 17.0 Å². The molecule has 0 saturated heterocycles. The summed E-state index contributed by atoms with van der Waals surface area (Å²) in [5, 5.41) is 3.18. The fourth-order valence-electron chi connectivity index (χ4n) is 4.33. The first-order valence-electron chi connectivity index (χ1n) is 11.4. The lowest BCUT2D eigenvalue weighted by atomic mass is 9.97. The summed E-state index contributed by atoms with van der Waals surface area (Å²) in [6, 6.07) is 19.0. The average molecular weight is 458 g/mol. The lowest BCUT2D eigenvalue weighted by molar-refractivity contribution is -0.120. The van der Waals surface area contributed by atoms with Gasteiger partial charge in [0.25, 0.3) is 11.8 Å². The molecule has 0 saturated carbocycles. The summed E-state index contributed by atoms with van der Waals surface area (Å²) in [5.41, 5.74) is 5.03. The van der Waals surface area contributed by atoms with Crippen molar-refractivity contribution >= 4 is 34.4 Å². The van der Waals surface area contributed by atoms with E-state index in [0.29, 0.717) is 11.3 Å². The number of imide groups is 1. The van der Waals surface area contributed by atoms with Gasteiger partial charge in [0.2, 0.25) is 0 Å². The van der Waals surface area contributed by atoms with Gasteiger partial charge in [0.1, 0.15) is 11.5 Å². The van der Waals surface area contributed by atoms with Crippen molar-refractivity contribution in [2.24, 2.45) is 0 Å². The Morgan fingerprint density at radius 1 is 0.882 bits per heavy atom. The van der Waals surface area contributed by atoms with Gasteiger partial charge in [0.15, 0.2) is 0 Å². The second-order valence-electron chi connectivity index (χ2n) is 8.34. The minimum absolute atomic E-state index is 0.178. The number of anilines is 3. The molecule has 3 aromatic rings. The smallest absolute Gasteiger partial charge is 0.282 e. The van der Waals surface area contributed by atoms with Gasteiger partial charge in [-0.05, 0) is 81.3 Å². The number of amides is 2. The number of hydrogen-bond donors (Lipinski definition) is 1. The first-order chi connectivity index (χ1) is 16.3. The van der Waals surface area contributed by atoms with Crippen molar-refractivity contribution in [2.45, 2.75) is 27.7 Å². The van der Waals surface area contributed by atoms with Crippen molar-refractivity contribution in [3.8, 4) is 0 Å². The van der Waals surface area contributed by atoms with E-state index in [1.807, 2.05) is 56.3 Å². The molecule has 0 bridgehead atoms. The Morgan fingerprint density at radius 3 is 2.21 bits per heavy atom. The summed E-state index contributed by atoms with van der Waals surface area (Å²) in [4.78, 5) is 30.3. The Bertz CT molecular complexity index is 1280. The Morgan fingerprint density at radius 2 is 1.59 bits per heavy atom. The summed E-state index contributed by atoms with van der Waals surface area (Å²) < 4.78 is 13.9. The Balaban J connectivity index is 1.78. The lowest BCUT2D eigenvalue weighted by Gasteiger charge is -2.21. The van der Waals surface area contributed by atoms with Crippen molar-refractivity contribution in [1.29, 1.82) is 0 Å². The van der Waals surface area contributed by atoms with Crippen LogP contribution in [-0.4, -0.2) is 24.9 Å². The molecule has 1 aliphatic heterocycles. The number of nitrogens with zero attached hydrogens (tertiary/aromatic N) is 2. The molecule has 0 spiro atoms. The molecule has 0 radical (unpaired) electrons. The number of halogens is 1. The highest BCUT2D eigenvalue weighted by Crippen LogP contribution is 2.35. The molecule has 5 nitrogen and oxygen atoms in total. The minimum atomic E-state index is -0.515. The van der Waals surface area contributed by atoms with Crippen LogP contribution in [0.3, 0.4) is 0 Å². The summed E-state index contributed by atoms with van der Waals surface area (Å²) >= 11 is 0. The van der Waals surface area contributed by atoms with Gasteiger partial charge in [0.05, 0.1) is 11.3 Å². The van der Waals surface area contributed by atoms with Crippen LogP contribution in [0.15, 0.2) is 72.4 Å². The molecule has 0 atom stereocenters. The van der Waals surface area contributed by atoms with Gasteiger partial charge in [-0.25, -0.2) is 9.29 Å². The second-order valence-corrected chi connectivity index (χ2v) is 8.34. The number of carbonyl (C=O) groups excluding carboxylic acids is 2. The van der Waals surface area contributed by atoms with Crippen LogP contribution in [0.1, 0.15) is 30.5 Å².